The van der Waals surface area contributed by atoms with Gasteiger partial charge in [-0.2, -0.15) is 0 Å². The molecule has 0 atom stereocenters. The largest absolute Gasteiger partial charge is 0.494 e. The van der Waals surface area contributed by atoms with Crippen molar-refractivity contribution < 1.29 is 36.8 Å². The van der Waals surface area contributed by atoms with Gasteiger partial charge in [-0.05, 0) is 55.3 Å². The maximum absolute atomic E-state index is 13.3. The van der Waals surface area contributed by atoms with E-state index in [2.05, 4.69) is 5.32 Å². The highest BCUT2D eigenvalue weighted by molar-refractivity contribution is 5.93. The third-order valence-corrected chi connectivity index (χ3v) is 5.58. The van der Waals surface area contributed by atoms with E-state index in [1.54, 1.807) is 24.4 Å². The third-order valence-electron chi connectivity index (χ3n) is 5.58. The second kappa shape index (κ2) is 14.0. The summed E-state index contributed by atoms with van der Waals surface area (Å²) < 4.78 is 52.2. The van der Waals surface area contributed by atoms with Gasteiger partial charge in [0.1, 0.15) is 24.1 Å². The Morgan fingerprint density at radius 3 is 2.14 bits per heavy atom. The molecular weight excluding hydrogens is 485 g/mol. The van der Waals surface area contributed by atoms with Crippen LogP contribution in [0.2, 0.25) is 0 Å². The molecule has 0 unspecified atom stereocenters. The molecule has 1 heterocycles. The first-order valence-electron chi connectivity index (χ1n) is 12.2. The van der Waals surface area contributed by atoms with Crippen molar-refractivity contribution >= 4 is 11.9 Å². The van der Waals surface area contributed by atoms with Crippen LogP contribution in [-0.2, 0) is 7.05 Å². The fourth-order valence-electron chi connectivity index (χ4n) is 3.59. The Kier molecular flexibility index (Phi) is 10.5. The molecule has 196 valence electrons. The van der Waals surface area contributed by atoms with Gasteiger partial charge >= 0.3 is 5.97 Å². The first-order chi connectivity index (χ1) is 17.8. The standard InChI is InChI=1S/C28H29F3N2O4/c1-33-15-8-9-20(19-33)27(34)32-14-6-4-2-3-5-7-16-36-22-10-12-23(13-11-22)37-28(35)21-17-24(29)26(31)25(30)18-21/h8-13,15,17-19H,2-7,14,16H2,1H3/p+1. The number of carbonyl (C=O) groups excluding carboxylic acids is 2. The molecule has 0 spiro atoms. The Bertz CT molecular complexity index is 1180. The predicted octanol–water partition coefficient (Wildman–Crippen LogP) is 5.30. The lowest BCUT2D eigenvalue weighted by Gasteiger charge is -2.08. The number of esters is 1. The average molecular weight is 516 g/mol. The maximum atomic E-state index is 13.3. The fraction of sp³-hybridized carbons (Fsp3) is 0.321. The number of halogens is 3. The van der Waals surface area contributed by atoms with Gasteiger partial charge in [-0.3, -0.25) is 4.79 Å². The normalized spacial score (nSPS) is 10.7. The summed E-state index contributed by atoms with van der Waals surface area (Å²) >= 11 is 0. The zero-order valence-electron chi connectivity index (χ0n) is 20.6. The highest BCUT2D eigenvalue weighted by atomic mass is 19.2. The molecule has 0 fully saturated rings. The van der Waals surface area contributed by atoms with Crippen LogP contribution in [0.1, 0.15) is 59.2 Å². The quantitative estimate of drug-likeness (QED) is 0.110. The second-order valence-corrected chi connectivity index (χ2v) is 8.60. The summed E-state index contributed by atoms with van der Waals surface area (Å²) in [4.78, 5) is 24.1. The highest BCUT2D eigenvalue weighted by Gasteiger charge is 2.16. The molecule has 0 aliphatic carbocycles. The first-order valence-corrected chi connectivity index (χ1v) is 12.2. The molecule has 1 N–H and O–H groups in total. The van der Waals surface area contributed by atoms with Crippen LogP contribution in [-0.4, -0.2) is 25.0 Å². The molecular formula is C28H30F3N2O4+. The average Bonchev–Trinajstić information content (AvgIpc) is 2.88. The number of rotatable bonds is 13. The molecule has 0 bridgehead atoms. The van der Waals surface area contributed by atoms with E-state index in [4.69, 9.17) is 9.47 Å². The molecule has 1 aromatic heterocycles. The monoisotopic (exact) mass is 515 g/mol. The molecule has 0 saturated heterocycles. The molecule has 1 amide bonds. The maximum Gasteiger partial charge on any atom is 0.343 e. The van der Waals surface area contributed by atoms with Crippen molar-refractivity contribution in [2.24, 2.45) is 7.05 Å². The summed E-state index contributed by atoms with van der Waals surface area (Å²) in [5.74, 6) is -4.86. The lowest BCUT2D eigenvalue weighted by atomic mass is 10.1. The Hall–Kier alpha value is -3.88. The number of hydrogen-bond donors (Lipinski definition) is 1. The number of amides is 1. The van der Waals surface area contributed by atoms with Crippen molar-refractivity contribution in [3.8, 4) is 11.5 Å². The number of nitrogens with one attached hydrogen (secondary N) is 1. The number of aryl methyl sites for hydroxylation is 1. The Balaban J connectivity index is 1.24. The van der Waals surface area contributed by atoms with Crippen molar-refractivity contribution in [1.29, 1.82) is 0 Å². The number of aromatic nitrogens is 1. The second-order valence-electron chi connectivity index (χ2n) is 8.60. The van der Waals surface area contributed by atoms with Crippen LogP contribution in [0.3, 0.4) is 0 Å². The minimum Gasteiger partial charge on any atom is -0.494 e. The zero-order chi connectivity index (χ0) is 26.6. The van der Waals surface area contributed by atoms with Gasteiger partial charge in [0.25, 0.3) is 5.91 Å². The van der Waals surface area contributed by atoms with Gasteiger partial charge in [0.05, 0.1) is 12.2 Å². The molecule has 0 aliphatic heterocycles. The van der Waals surface area contributed by atoms with Crippen molar-refractivity contribution in [2.45, 2.75) is 38.5 Å². The fourth-order valence-corrected chi connectivity index (χ4v) is 3.59. The van der Waals surface area contributed by atoms with Gasteiger partial charge < -0.3 is 14.8 Å². The van der Waals surface area contributed by atoms with Gasteiger partial charge in [-0.1, -0.05) is 25.7 Å². The summed E-state index contributed by atoms with van der Waals surface area (Å²) in [6.45, 7) is 1.20. The van der Waals surface area contributed by atoms with Crippen LogP contribution in [0.4, 0.5) is 13.2 Å². The SMILES string of the molecule is C[n+]1cccc(C(=O)NCCCCCCCCOc2ccc(OC(=O)c3cc(F)c(F)c(F)c3)cc2)c1. The Morgan fingerprint density at radius 1 is 0.838 bits per heavy atom. The molecule has 37 heavy (non-hydrogen) atoms. The van der Waals surface area contributed by atoms with E-state index in [1.165, 1.54) is 12.1 Å². The van der Waals surface area contributed by atoms with Crippen LogP contribution >= 0.6 is 0 Å². The minimum atomic E-state index is -1.64. The third kappa shape index (κ3) is 8.93. The van der Waals surface area contributed by atoms with E-state index in [-0.39, 0.29) is 11.7 Å². The molecule has 3 rings (SSSR count). The summed E-state index contributed by atoms with van der Waals surface area (Å²) in [7, 11) is 1.88. The summed E-state index contributed by atoms with van der Waals surface area (Å²) in [5, 5.41) is 2.94. The molecule has 0 radical (unpaired) electrons. The van der Waals surface area contributed by atoms with E-state index in [0.29, 0.717) is 36.6 Å². The van der Waals surface area contributed by atoms with Gasteiger partial charge in [-0.15, -0.1) is 0 Å². The van der Waals surface area contributed by atoms with Gasteiger partial charge in [0.2, 0.25) is 0 Å². The van der Waals surface area contributed by atoms with Crippen LogP contribution in [0, 0.1) is 17.5 Å². The summed E-state index contributed by atoms with van der Waals surface area (Å²) in [6, 6.07) is 11.1. The van der Waals surface area contributed by atoms with Crippen LogP contribution in [0.25, 0.3) is 0 Å². The zero-order valence-corrected chi connectivity index (χ0v) is 20.6. The molecule has 3 aromatic rings. The minimum absolute atomic E-state index is 0.0572. The van der Waals surface area contributed by atoms with Gasteiger partial charge in [-0.25, -0.2) is 22.5 Å². The Morgan fingerprint density at radius 2 is 1.46 bits per heavy atom. The van der Waals surface area contributed by atoms with E-state index in [9.17, 15) is 22.8 Å². The Labute approximate surface area is 214 Å². The van der Waals surface area contributed by atoms with Crippen molar-refractivity contribution in [3.63, 3.8) is 0 Å². The van der Waals surface area contributed by atoms with Crippen LogP contribution < -0.4 is 19.4 Å². The van der Waals surface area contributed by atoms with E-state index >= 15 is 0 Å². The smallest absolute Gasteiger partial charge is 0.343 e. The van der Waals surface area contributed by atoms with Crippen molar-refractivity contribution in [1.82, 2.24) is 5.32 Å². The highest BCUT2D eigenvalue weighted by Crippen LogP contribution is 2.20. The van der Waals surface area contributed by atoms with Crippen molar-refractivity contribution in [2.75, 3.05) is 13.2 Å². The van der Waals surface area contributed by atoms with E-state index in [0.717, 1.165) is 38.5 Å². The lowest BCUT2D eigenvalue weighted by Crippen LogP contribution is -2.31. The number of pyridine rings is 1. The first kappa shape index (κ1) is 27.7. The van der Waals surface area contributed by atoms with E-state index < -0.39 is 29.0 Å². The lowest BCUT2D eigenvalue weighted by molar-refractivity contribution is -0.671. The summed E-state index contributed by atoms with van der Waals surface area (Å²) in [6.07, 6.45) is 9.72. The molecule has 0 aliphatic rings. The number of nitrogens with zero attached hydrogens (tertiary/aromatic N) is 1. The molecule has 2 aromatic carbocycles. The predicted molar refractivity (Wildman–Crippen MR) is 131 cm³/mol. The van der Waals surface area contributed by atoms with Crippen molar-refractivity contribution in [3.05, 3.63) is 89.5 Å². The van der Waals surface area contributed by atoms with Gasteiger partial charge in [0.15, 0.2) is 29.8 Å². The van der Waals surface area contributed by atoms with E-state index in [1.807, 2.05) is 23.9 Å². The molecule has 9 heteroatoms. The number of unbranched alkanes of at least 4 members (excludes halogenated alkanes) is 5. The number of ether oxygens (including phenoxy) is 2. The summed E-state index contributed by atoms with van der Waals surface area (Å²) in [5.41, 5.74) is 0.224. The van der Waals surface area contributed by atoms with Crippen LogP contribution in [0.5, 0.6) is 11.5 Å². The topological polar surface area (TPSA) is 68.5 Å². The number of carbonyl (C=O) groups is 2. The van der Waals surface area contributed by atoms with Gasteiger partial charge in [0, 0.05) is 12.6 Å². The molecule has 6 nitrogen and oxygen atoms in total. The van der Waals surface area contributed by atoms with Crippen LogP contribution in [0.15, 0.2) is 60.9 Å². The number of hydrogen-bond acceptors (Lipinski definition) is 4. The molecule has 0 saturated carbocycles. The number of benzene rings is 2.